The molecule has 0 aromatic heterocycles. The first kappa shape index (κ1) is 32.6. The first-order valence-electron chi connectivity index (χ1n) is 14.0. The molecule has 230 valence electrons. The highest BCUT2D eigenvalue weighted by molar-refractivity contribution is 6.33. The number of morpholine rings is 1. The Balaban J connectivity index is 1.60. The third-order valence-corrected chi connectivity index (χ3v) is 8.35. The van der Waals surface area contributed by atoms with E-state index in [4.69, 9.17) is 4.74 Å². The molecule has 15 heteroatoms. The minimum absolute atomic E-state index is 0.0736. The molecule has 6 N–H and O–H groups in total. The summed E-state index contributed by atoms with van der Waals surface area (Å²) in [4.78, 5) is 40.5. The normalized spacial score (nSPS) is 22.7. The Morgan fingerprint density at radius 2 is 1.81 bits per heavy atom. The zero-order valence-electron chi connectivity index (χ0n) is 24.8. The summed E-state index contributed by atoms with van der Waals surface area (Å²) in [5, 5.41) is 49.3. The van der Waals surface area contributed by atoms with Crippen molar-refractivity contribution in [3.05, 3.63) is 64.5 Å². The van der Waals surface area contributed by atoms with Crippen molar-refractivity contribution in [2.45, 2.75) is 62.1 Å². The Morgan fingerprint density at radius 1 is 1.16 bits per heavy atom. The molecule has 5 atom stereocenters. The maximum Gasteiger partial charge on any atom is 0.255 e. The fourth-order valence-corrected chi connectivity index (χ4v) is 5.69. The third kappa shape index (κ3) is 6.06. The Kier molecular flexibility index (Phi) is 9.08. The molecule has 2 aliphatic heterocycles. The number of hydrogen-bond donors (Lipinski definition) is 6. The van der Waals surface area contributed by atoms with E-state index in [-0.39, 0.29) is 61.4 Å². The molecule has 0 saturated carbocycles. The van der Waals surface area contributed by atoms with Crippen molar-refractivity contribution in [3.8, 4) is 0 Å². The van der Waals surface area contributed by atoms with Gasteiger partial charge in [-0.25, -0.2) is 9.29 Å². The van der Waals surface area contributed by atoms with Crippen molar-refractivity contribution >= 4 is 39.5 Å². The van der Waals surface area contributed by atoms with E-state index in [1.807, 2.05) is 13.8 Å². The predicted octanol–water partition coefficient (Wildman–Crippen LogP) is -2.45. The molecule has 2 aromatic carbocycles. The SMILES string of the molecule is BC(O)(C=O)C(B)(O)C(C(=O)NC)N1Cc2c(NCc3cc(C(O)(O)N4CC(C)OC(C)C4)ccc3F)cccc2C1=O. The zero-order valence-corrected chi connectivity index (χ0v) is 24.8. The second kappa shape index (κ2) is 12.0. The fraction of sp³-hybridized carbons (Fsp3) is 0.464. The molecule has 0 bridgehead atoms. The Morgan fingerprint density at radius 3 is 2.42 bits per heavy atom. The number of carbonyl (C=O) groups excluding carboxylic acids is 3. The van der Waals surface area contributed by atoms with Gasteiger partial charge < -0.3 is 45.5 Å². The molecule has 0 spiro atoms. The number of likely N-dealkylation sites (N-methyl/N-ethyl adjacent to an activating group) is 1. The molecular formula is C28H37B2FN4O8. The number of ether oxygens (including phenoxy) is 1. The minimum atomic E-state index is -2.37. The van der Waals surface area contributed by atoms with Crippen LogP contribution in [-0.2, 0) is 33.3 Å². The average Bonchev–Trinajstić information content (AvgIpc) is 3.27. The molecule has 4 rings (SSSR count). The van der Waals surface area contributed by atoms with Crippen LogP contribution in [0.25, 0.3) is 0 Å². The fourth-order valence-electron chi connectivity index (χ4n) is 5.69. The van der Waals surface area contributed by atoms with Crippen LogP contribution in [0.5, 0.6) is 0 Å². The van der Waals surface area contributed by atoms with Gasteiger partial charge in [-0.05, 0) is 44.2 Å². The molecule has 0 radical (unpaired) electrons. The zero-order chi connectivity index (χ0) is 31.9. The summed E-state index contributed by atoms with van der Waals surface area (Å²) in [5.74, 6) is -4.36. The number of nitrogens with zero attached hydrogens (tertiary/aromatic N) is 2. The number of amides is 2. The van der Waals surface area contributed by atoms with Gasteiger partial charge in [0.15, 0.2) is 7.85 Å². The summed E-state index contributed by atoms with van der Waals surface area (Å²) in [5.41, 5.74) is -3.42. The van der Waals surface area contributed by atoms with E-state index < -0.39 is 40.6 Å². The largest absolute Gasteiger partial charge is 0.394 e. The smallest absolute Gasteiger partial charge is 0.255 e. The van der Waals surface area contributed by atoms with E-state index in [1.165, 1.54) is 30.1 Å². The van der Waals surface area contributed by atoms with E-state index in [0.717, 1.165) is 26.7 Å². The van der Waals surface area contributed by atoms with Crippen LogP contribution in [0.4, 0.5) is 10.1 Å². The van der Waals surface area contributed by atoms with Gasteiger partial charge in [-0.2, -0.15) is 0 Å². The first-order chi connectivity index (χ1) is 20.0. The topological polar surface area (TPSA) is 172 Å². The lowest BCUT2D eigenvalue weighted by Gasteiger charge is -2.44. The number of benzene rings is 2. The van der Waals surface area contributed by atoms with Crippen molar-refractivity contribution in [1.29, 1.82) is 0 Å². The van der Waals surface area contributed by atoms with Crippen LogP contribution in [0.1, 0.15) is 40.9 Å². The maximum atomic E-state index is 14.9. The van der Waals surface area contributed by atoms with Gasteiger partial charge >= 0.3 is 0 Å². The van der Waals surface area contributed by atoms with E-state index in [1.54, 1.807) is 12.1 Å². The van der Waals surface area contributed by atoms with Crippen molar-refractivity contribution in [2.24, 2.45) is 0 Å². The van der Waals surface area contributed by atoms with Crippen LogP contribution < -0.4 is 10.6 Å². The highest BCUT2D eigenvalue weighted by Crippen LogP contribution is 2.35. The number of nitrogens with one attached hydrogen (secondary N) is 2. The molecule has 5 unspecified atom stereocenters. The molecule has 2 aromatic rings. The minimum Gasteiger partial charge on any atom is -0.394 e. The van der Waals surface area contributed by atoms with Crippen LogP contribution in [-0.4, -0.2) is 113 Å². The van der Waals surface area contributed by atoms with Crippen LogP contribution in [0.2, 0.25) is 0 Å². The quantitative estimate of drug-likeness (QED) is 0.0981. The van der Waals surface area contributed by atoms with Crippen molar-refractivity contribution < 1.29 is 43.9 Å². The first-order valence-corrected chi connectivity index (χ1v) is 14.0. The van der Waals surface area contributed by atoms with Crippen LogP contribution >= 0.6 is 0 Å². The lowest BCUT2D eigenvalue weighted by molar-refractivity contribution is -0.298. The van der Waals surface area contributed by atoms with E-state index in [2.05, 4.69) is 10.6 Å². The van der Waals surface area contributed by atoms with Crippen molar-refractivity contribution in [2.75, 3.05) is 25.5 Å². The summed E-state index contributed by atoms with van der Waals surface area (Å²) in [7, 11) is 3.46. The van der Waals surface area contributed by atoms with E-state index in [9.17, 15) is 39.2 Å². The van der Waals surface area contributed by atoms with Crippen LogP contribution in [0.15, 0.2) is 36.4 Å². The standard InChI is InChI=1S/C28H37B2FN4O8/c1-15-11-34(12-16(2)43-15)28(41,42)18-7-8-21(31)17(9-18)10-33-22-6-4-5-19-20(22)13-35(25(19)38)23(24(37)32-3)27(30,40)26(29,39)14-36/h4-9,14-16,23,33,39-42H,10-13,29-30H2,1-3H3,(H,32,37). The highest BCUT2D eigenvalue weighted by atomic mass is 19.1. The summed E-state index contributed by atoms with van der Waals surface area (Å²) in [6, 6.07) is 6.97. The number of anilines is 1. The molecule has 0 aliphatic carbocycles. The van der Waals surface area contributed by atoms with E-state index >= 15 is 0 Å². The van der Waals surface area contributed by atoms with Crippen molar-refractivity contribution in [3.63, 3.8) is 0 Å². The second-order valence-electron chi connectivity index (χ2n) is 11.7. The monoisotopic (exact) mass is 598 g/mol. The van der Waals surface area contributed by atoms with Gasteiger partial charge in [0.1, 0.15) is 31.5 Å². The number of hydrogen-bond acceptors (Lipinski definition) is 10. The summed E-state index contributed by atoms with van der Waals surface area (Å²) in [6.07, 6.45) is -0.356. The van der Waals surface area contributed by atoms with E-state index in [0.29, 0.717) is 11.3 Å². The lowest BCUT2D eigenvalue weighted by Crippen LogP contribution is -2.71. The Labute approximate surface area is 250 Å². The lowest BCUT2D eigenvalue weighted by atomic mass is 9.55. The average molecular weight is 598 g/mol. The van der Waals surface area contributed by atoms with Gasteiger partial charge in [-0.3, -0.25) is 9.59 Å². The molecule has 1 fully saturated rings. The molecule has 2 heterocycles. The van der Waals surface area contributed by atoms with Gasteiger partial charge in [0.25, 0.3) is 11.8 Å². The Bertz CT molecular complexity index is 1400. The summed E-state index contributed by atoms with van der Waals surface area (Å²) >= 11 is 0. The summed E-state index contributed by atoms with van der Waals surface area (Å²) < 4.78 is 20.6. The van der Waals surface area contributed by atoms with Crippen LogP contribution in [0, 0.1) is 5.82 Å². The predicted molar refractivity (Wildman–Crippen MR) is 159 cm³/mol. The van der Waals surface area contributed by atoms with Crippen molar-refractivity contribution in [1.82, 2.24) is 15.1 Å². The number of carbonyl (C=O) groups is 3. The molecule has 2 aliphatic rings. The third-order valence-electron chi connectivity index (χ3n) is 8.35. The van der Waals surface area contributed by atoms with Gasteiger partial charge in [0, 0.05) is 61.2 Å². The number of aliphatic hydroxyl groups is 4. The molecule has 1 saturated heterocycles. The van der Waals surface area contributed by atoms with Crippen LogP contribution in [0.3, 0.4) is 0 Å². The molecule has 12 nitrogen and oxygen atoms in total. The highest BCUT2D eigenvalue weighted by Gasteiger charge is 2.55. The summed E-state index contributed by atoms with van der Waals surface area (Å²) in [6.45, 7) is 3.92. The number of fused-ring (bicyclic) bond motifs is 1. The number of halogens is 1. The molecule has 43 heavy (non-hydrogen) atoms. The number of aldehydes is 1. The number of rotatable bonds is 10. The van der Waals surface area contributed by atoms with Gasteiger partial charge in [-0.1, -0.05) is 6.07 Å². The van der Waals surface area contributed by atoms with Gasteiger partial charge in [-0.15, -0.1) is 0 Å². The van der Waals surface area contributed by atoms with Gasteiger partial charge in [0.05, 0.1) is 17.7 Å². The van der Waals surface area contributed by atoms with Gasteiger partial charge in [0.2, 0.25) is 5.91 Å². The maximum absolute atomic E-state index is 14.9. The molecular weight excluding hydrogens is 561 g/mol. The Hall–Kier alpha value is -3.33. The molecule has 2 amide bonds. The second-order valence-corrected chi connectivity index (χ2v) is 11.7.